The van der Waals surface area contributed by atoms with Crippen molar-refractivity contribution in [3.05, 3.63) is 0 Å². The highest BCUT2D eigenvalue weighted by molar-refractivity contribution is 9.09. The van der Waals surface area contributed by atoms with Gasteiger partial charge in [0.1, 0.15) is 11.2 Å². The number of aliphatic hydroxyl groups excluding tert-OH is 1. The zero-order valence-electron chi connectivity index (χ0n) is 16.0. The SMILES string of the molecule is C[C@H](CBr)NC(=O)OC(C)(C)C.C[C@H](CO)NC(=O)OC(C)(C)C. The quantitative estimate of drug-likeness (QED) is 0.615. The van der Waals surface area contributed by atoms with E-state index < -0.39 is 17.3 Å². The molecule has 144 valence electrons. The monoisotopic (exact) mass is 412 g/mol. The van der Waals surface area contributed by atoms with Crippen LogP contribution in [0.25, 0.3) is 0 Å². The van der Waals surface area contributed by atoms with Crippen molar-refractivity contribution in [2.24, 2.45) is 0 Å². The summed E-state index contributed by atoms with van der Waals surface area (Å²) >= 11 is 3.25. The van der Waals surface area contributed by atoms with Crippen molar-refractivity contribution in [3.8, 4) is 0 Å². The van der Waals surface area contributed by atoms with Gasteiger partial charge in [-0.25, -0.2) is 9.59 Å². The van der Waals surface area contributed by atoms with Gasteiger partial charge >= 0.3 is 12.2 Å². The summed E-state index contributed by atoms with van der Waals surface area (Å²) in [5, 5.41) is 14.5. The maximum atomic E-state index is 11.1. The van der Waals surface area contributed by atoms with Gasteiger partial charge in [0.05, 0.1) is 12.6 Å². The van der Waals surface area contributed by atoms with Gasteiger partial charge in [-0.3, -0.25) is 0 Å². The molecule has 0 saturated carbocycles. The summed E-state index contributed by atoms with van der Waals surface area (Å²) < 4.78 is 9.99. The van der Waals surface area contributed by atoms with Crippen molar-refractivity contribution in [2.45, 2.75) is 78.7 Å². The van der Waals surface area contributed by atoms with Crippen LogP contribution in [-0.2, 0) is 9.47 Å². The molecule has 2 atom stereocenters. The van der Waals surface area contributed by atoms with E-state index in [4.69, 9.17) is 14.6 Å². The Balaban J connectivity index is 0. The van der Waals surface area contributed by atoms with E-state index >= 15 is 0 Å². The van der Waals surface area contributed by atoms with Crippen LogP contribution >= 0.6 is 15.9 Å². The lowest BCUT2D eigenvalue weighted by molar-refractivity contribution is 0.0485. The molecule has 0 aromatic carbocycles. The van der Waals surface area contributed by atoms with Gasteiger partial charge in [-0.05, 0) is 55.4 Å². The Morgan fingerprint density at radius 3 is 1.50 bits per heavy atom. The minimum absolute atomic E-state index is 0.0841. The highest BCUT2D eigenvalue weighted by Gasteiger charge is 2.17. The van der Waals surface area contributed by atoms with E-state index in [1.54, 1.807) is 27.7 Å². The van der Waals surface area contributed by atoms with Crippen molar-refractivity contribution < 1.29 is 24.2 Å². The van der Waals surface area contributed by atoms with Gasteiger partial charge in [0, 0.05) is 11.4 Å². The minimum atomic E-state index is -0.496. The first-order valence-corrected chi connectivity index (χ1v) is 8.98. The van der Waals surface area contributed by atoms with E-state index in [-0.39, 0.29) is 24.8 Å². The van der Waals surface area contributed by atoms with Crippen LogP contribution in [0.1, 0.15) is 55.4 Å². The van der Waals surface area contributed by atoms with Gasteiger partial charge < -0.3 is 25.2 Å². The van der Waals surface area contributed by atoms with Crippen LogP contribution in [0.3, 0.4) is 0 Å². The summed E-state index contributed by atoms with van der Waals surface area (Å²) in [7, 11) is 0. The second kappa shape index (κ2) is 11.5. The number of nitrogens with one attached hydrogen (secondary N) is 2. The third kappa shape index (κ3) is 19.0. The van der Waals surface area contributed by atoms with E-state index in [0.29, 0.717) is 0 Å². The number of carbonyl (C=O) groups is 2. The van der Waals surface area contributed by atoms with Crippen LogP contribution in [0.15, 0.2) is 0 Å². The molecule has 0 bridgehead atoms. The standard InChI is InChI=1S/C8H16BrNO2.C8H17NO3/c1-6(5-9)10-7(11)12-8(2,3)4;1-6(5-10)9-7(11)12-8(2,3)4/h6H,5H2,1-4H3,(H,10,11);6,10H,5H2,1-4H3,(H,9,11)/t2*6-/m11/s1. The van der Waals surface area contributed by atoms with Crippen molar-refractivity contribution in [1.29, 1.82) is 0 Å². The fourth-order valence-corrected chi connectivity index (χ4v) is 1.26. The number of alkyl halides is 1. The fourth-order valence-electron chi connectivity index (χ4n) is 1.10. The van der Waals surface area contributed by atoms with E-state index in [2.05, 4.69) is 26.6 Å². The molecule has 0 saturated heterocycles. The third-order valence-corrected chi connectivity index (χ3v) is 3.00. The van der Waals surface area contributed by atoms with Crippen LogP contribution in [0.5, 0.6) is 0 Å². The molecule has 24 heavy (non-hydrogen) atoms. The number of aliphatic hydroxyl groups is 1. The predicted octanol–water partition coefficient (Wildman–Crippen LogP) is 3.19. The molecule has 0 rings (SSSR count). The molecule has 3 N–H and O–H groups in total. The molecular formula is C16H33BrN2O5. The Morgan fingerprint density at radius 1 is 0.917 bits per heavy atom. The minimum Gasteiger partial charge on any atom is -0.444 e. The molecule has 7 nitrogen and oxygen atoms in total. The fraction of sp³-hybridized carbons (Fsp3) is 0.875. The summed E-state index contributed by atoms with van der Waals surface area (Å²) in [6.45, 7) is 14.4. The van der Waals surface area contributed by atoms with E-state index in [1.165, 1.54) is 0 Å². The number of halogens is 1. The maximum absolute atomic E-state index is 11.1. The molecule has 0 unspecified atom stereocenters. The topological polar surface area (TPSA) is 96.9 Å². The smallest absolute Gasteiger partial charge is 0.407 e. The van der Waals surface area contributed by atoms with Crippen LogP contribution < -0.4 is 10.6 Å². The lowest BCUT2D eigenvalue weighted by Crippen LogP contribution is -2.39. The lowest BCUT2D eigenvalue weighted by Gasteiger charge is -2.21. The van der Waals surface area contributed by atoms with Crippen molar-refractivity contribution in [2.75, 3.05) is 11.9 Å². The van der Waals surface area contributed by atoms with Gasteiger partial charge in [-0.15, -0.1) is 0 Å². The second-order valence-corrected chi connectivity index (χ2v) is 8.08. The van der Waals surface area contributed by atoms with Crippen LogP contribution in [-0.4, -0.2) is 52.5 Å². The van der Waals surface area contributed by atoms with E-state index in [0.717, 1.165) is 5.33 Å². The lowest BCUT2D eigenvalue weighted by atomic mass is 10.2. The van der Waals surface area contributed by atoms with Gasteiger partial charge in [0.15, 0.2) is 0 Å². The number of rotatable bonds is 4. The highest BCUT2D eigenvalue weighted by Crippen LogP contribution is 2.07. The zero-order chi connectivity index (χ0) is 19.6. The average Bonchev–Trinajstić information content (AvgIpc) is 2.34. The van der Waals surface area contributed by atoms with Gasteiger partial charge in [0.25, 0.3) is 0 Å². The Bertz CT molecular complexity index is 342. The summed E-state index contributed by atoms with van der Waals surface area (Å²) in [6.07, 6.45) is -0.863. The van der Waals surface area contributed by atoms with Gasteiger partial charge in [-0.1, -0.05) is 15.9 Å². The molecule has 0 spiro atoms. The first-order valence-electron chi connectivity index (χ1n) is 7.86. The summed E-state index contributed by atoms with van der Waals surface area (Å²) in [4.78, 5) is 22.1. The van der Waals surface area contributed by atoms with Gasteiger partial charge in [-0.2, -0.15) is 0 Å². The molecule has 0 fully saturated rings. The number of carbonyl (C=O) groups excluding carboxylic acids is 2. The Morgan fingerprint density at radius 2 is 1.25 bits per heavy atom. The Kier molecular flexibility index (Phi) is 12.1. The van der Waals surface area contributed by atoms with Crippen molar-refractivity contribution in [3.63, 3.8) is 0 Å². The van der Waals surface area contributed by atoms with E-state index in [1.807, 2.05) is 27.7 Å². The van der Waals surface area contributed by atoms with E-state index in [9.17, 15) is 9.59 Å². The Labute approximate surface area is 154 Å². The zero-order valence-corrected chi connectivity index (χ0v) is 17.6. The van der Waals surface area contributed by atoms with Crippen LogP contribution in [0.4, 0.5) is 9.59 Å². The maximum Gasteiger partial charge on any atom is 0.407 e. The second-order valence-electron chi connectivity index (χ2n) is 7.43. The van der Waals surface area contributed by atoms with Crippen LogP contribution in [0, 0.1) is 0 Å². The van der Waals surface area contributed by atoms with Crippen molar-refractivity contribution >= 4 is 28.1 Å². The first-order chi connectivity index (χ1) is 10.7. The number of alkyl carbamates (subject to hydrolysis) is 2. The predicted molar refractivity (Wildman–Crippen MR) is 98.5 cm³/mol. The summed E-state index contributed by atoms with van der Waals surface area (Å²) in [6, 6.07) is -0.167. The molecular weight excluding hydrogens is 380 g/mol. The highest BCUT2D eigenvalue weighted by atomic mass is 79.9. The molecule has 2 amide bonds. The normalized spacial score (nSPS) is 13.8. The van der Waals surface area contributed by atoms with Gasteiger partial charge in [0.2, 0.25) is 0 Å². The Hall–Kier alpha value is -1.02. The first kappa shape index (κ1) is 25.2. The van der Waals surface area contributed by atoms with Crippen LogP contribution in [0.2, 0.25) is 0 Å². The molecule has 0 radical (unpaired) electrons. The largest absolute Gasteiger partial charge is 0.444 e. The molecule has 0 aliphatic heterocycles. The average molecular weight is 413 g/mol. The number of ether oxygens (including phenoxy) is 2. The van der Waals surface area contributed by atoms with Crippen molar-refractivity contribution in [1.82, 2.24) is 10.6 Å². The number of hydrogen-bond donors (Lipinski definition) is 3. The molecule has 0 aliphatic rings. The molecule has 8 heteroatoms. The summed E-state index contributed by atoms with van der Waals surface area (Å²) in [5.41, 5.74) is -0.907. The summed E-state index contributed by atoms with van der Waals surface area (Å²) in [5.74, 6) is 0. The third-order valence-electron chi connectivity index (χ3n) is 2.03. The molecule has 0 aromatic heterocycles. The molecule has 0 aliphatic carbocycles. The molecule has 0 heterocycles. The molecule has 0 aromatic rings. The number of amides is 2. The number of hydrogen-bond acceptors (Lipinski definition) is 5.